The summed E-state index contributed by atoms with van der Waals surface area (Å²) in [7, 11) is 2.08. The third kappa shape index (κ3) is 3.61. The van der Waals surface area contributed by atoms with Crippen molar-refractivity contribution in [3.63, 3.8) is 0 Å². The van der Waals surface area contributed by atoms with Crippen molar-refractivity contribution in [2.45, 2.75) is 26.4 Å². The molecule has 3 heteroatoms. The summed E-state index contributed by atoms with van der Waals surface area (Å²) in [4.78, 5) is 3.63. The lowest BCUT2D eigenvalue weighted by Gasteiger charge is -2.14. The van der Waals surface area contributed by atoms with E-state index in [1.165, 1.54) is 20.5 Å². The molecule has 0 aliphatic rings. The maximum Gasteiger partial charge on any atom is 0.0599 e. The van der Waals surface area contributed by atoms with Gasteiger partial charge in [-0.2, -0.15) is 0 Å². The van der Waals surface area contributed by atoms with Gasteiger partial charge in [0.1, 0.15) is 0 Å². The third-order valence-corrected chi connectivity index (χ3v) is 4.50. The molecule has 0 bridgehead atoms. The molecule has 0 aliphatic carbocycles. The number of hydrogen-bond acceptors (Lipinski definition) is 3. The van der Waals surface area contributed by atoms with E-state index in [9.17, 15) is 0 Å². The van der Waals surface area contributed by atoms with E-state index in [-0.39, 0.29) is 0 Å². The number of fused-ring (bicyclic) bond motifs is 1. The van der Waals surface area contributed by atoms with Crippen molar-refractivity contribution >= 4 is 21.4 Å². The van der Waals surface area contributed by atoms with Crippen molar-refractivity contribution in [2.24, 2.45) is 0 Å². The maximum atomic E-state index is 5.41. The Hall–Kier alpha value is -1.34. The zero-order chi connectivity index (χ0) is 14.4. The van der Waals surface area contributed by atoms with Crippen LogP contribution in [-0.2, 0) is 13.1 Å². The van der Waals surface area contributed by atoms with Gasteiger partial charge < -0.3 is 5.32 Å². The molecule has 0 spiro atoms. The molecule has 1 aromatic carbocycles. The van der Waals surface area contributed by atoms with Crippen LogP contribution in [0.15, 0.2) is 24.3 Å². The first-order valence-electron chi connectivity index (χ1n) is 7.08. The van der Waals surface area contributed by atoms with E-state index in [4.69, 9.17) is 6.42 Å². The molecule has 0 aliphatic heterocycles. The van der Waals surface area contributed by atoms with Gasteiger partial charge in [0.05, 0.1) is 6.54 Å². The van der Waals surface area contributed by atoms with E-state index in [0.29, 0.717) is 6.54 Å². The summed E-state index contributed by atoms with van der Waals surface area (Å²) in [5, 5.41) is 4.88. The SMILES string of the molecule is C#CCN(C)Cc1c(CNCCC)sc2ccccc12. The quantitative estimate of drug-likeness (QED) is 0.619. The second-order valence-corrected chi connectivity index (χ2v) is 6.19. The van der Waals surface area contributed by atoms with Crippen molar-refractivity contribution < 1.29 is 0 Å². The van der Waals surface area contributed by atoms with Gasteiger partial charge in [-0.15, -0.1) is 17.8 Å². The number of thiophene rings is 1. The van der Waals surface area contributed by atoms with Gasteiger partial charge in [-0.1, -0.05) is 31.0 Å². The minimum Gasteiger partial charge on any atom is -0.312 e. The number of benzene rings is 1. The van der Waals surface area contributed by atoms with Gasteiger partial charge in [-0.25, -0.2) is 0 Å². The van der Waals surface area contributed by atoms with E-state index in [1.54, 1.807) is 0 Å². The molecule has 1 N–H and O–H groups in total. The zero-order valence-electron chi connectivity index (χ0n) is 12.3. The fraction of sp³-hybridized carbons (Fsp3) is 0.412. The molecule has 20 heavy (non-hydrogen) atoms. The van der Waals surface area contributed by atoms with Crippen LogP contribution < -0.4 is 5.32 Å². The first kappa shape index (κ1) is 15.1. The van der Waals surface area contributed by atoms with Crippen molar-refractivity contribution in [1.29, 1.82) is 0 Å². The Morgan fingerprint density at radius 3 is 2.90 bits per heavy atom. The molecule has 0 amide bonds. The molecule has 2 nitrogen and oxygen atoms in total. The predicted molar refractivity (Wildman–Crippen MR) is 89.0 cm³/mol. The van der Waals surface area contributed by atoms with Gasteiger partial charge in [0.2, 0.25) is 0 Å². The summed E-state index contributed by atoms with van der Waals surface area (Å²) >= 11 is 1.89. The first-order chi connectivity index (χ1) is 9.76. The van der Waals surface area contributed by atoms with E-state index < -0.39 is 0 Å². The highest BCUT2D eigenvalue weighted by atomic mass is 32.1. The summed E-state index contributed by atoms with van der Waals surface area (Å²) < 4.78 is 1.37. The van der Waals surface area contributed by atoms with E-state index in [0.717, 1.165) is 26.1 Å². The van der Waals surface area contributed by atoms with E-state index in [1.807, 2.05) is 11.3 Å². The lowest BCUT2D eigenvalue weighted by Crippen LogP contribution is -2.20. The third-order valence-electron chi connectivity index (χ3n) is 3.28. The number of hydrogen-bond donors (Lipinski definition) is 1. The van der Waals surface area contributed by atoms with Crippen LogP contribution in [0.5, 0.6) is 0 Å². The minimum atomic E-state index is 0.687. The Labute approximate surface area is 125 Å². The molecular weight excluding hydrogens is 264 g/mol. The molecule has 0 atom stereocenters. The van der Waals surface area contributed by atoms with Gasteiger partial charge in [-0.05, 0) is 37.0 Å². The van der Waals surface area contributed by atoms with Crippen molar-refractivity contribution in [2.75, 3.05) is 20.1 Å². The number of rotatable bonds is 7. The van der Waals surface area contributed by atoms with E-state index >= 15 is 0 Å². The molecule has 0 fully saturated rings. The Morgan fingerprint density at radius 1 is 1.35 bits per heavy atom. The molecule has 0 radical (unpaired) electrons. The molecule has 0 saturated heterocycles. The van der Waals surface area contributed by atoms with Crippen LogP contribution in [0.25, 0.3) is 10.1 Å². The standard InChI is InChI=1S/C17H22N2S/c1-4-10-18-12-17-15(13-19(3)11-5-2)14-8-6-7-9-16(14)20-17/h2,6-9,18H,4,10-13H2,1,3H3. The van der Waals surface area contributed by atoms with E-state index in [2.05, 4.69) is 54.4 Å². The normalized spacial score (nSPS) is 11.1. The van der Waals surface area contributed by atoms with Crippen molar-refractivity contribution in [1.82, 2.24) is 10.2 Å². The zero-order valence-corrected chi connectivity index (χ0v) is 13.1. The van der Waals surface area contributed by atoms with Gasteiger partial charge in [0.15, 0.2) is 0 Å². The Kier molecular flexibility index (Phi) is 5.60. The topological polar surface area (TPSA) is 15.3 Å². The van der Waals surface area contributed by atoms with Crippen molar-refractivity contribution in [3.05, 3.63) is 34.7 Å². The minimum absolute atomic E-state index is 0.687. The fourth-order valence-electron chi connectivity index (χ4n) is 2.33. The van der Waals surface area contributed by atoms with Crippen LogP contribution in [0, 0.1) is 12.3 Å². The van der Waals surface area contributed by atoms with Gasteiger partial charge in [0, 0.05) is 22.7 Å². The van der Waals surface area contributed by atoms with Crippen LogP contribution >= 0.6 is 11.3 Å². The highest BCUT2D eigenvalue weighted by molar-refractivity contribution is 7.19. The Bertz CT molecular complexity index is 595. The number of nitrogens with zero attached hydrogens (tertiary/aromatic N) is 1. The highest BCUT2D eigenvalue weighted by Crippen LogP contribution is 2.32. The molecule has 1 aromatic heterocycles. The van der Waals surface area contributed by atoms with Gasteiger partial charge in [-0.3, -0.25) is 4.90 Å². The predicted octanol–water partition coefficient (Wildman–Crippen LogP) is 3.47. The van der Waals surface area contributed by atoms with Crippen LogP contribution in [-0.4, -0.2) is 25.0 Å². The molecule has 0 saturated carbocycles. The van der Waals surface area contributed by atoms with Gasteiger partial charge >= 0.3 is 0 Å². The molecule has 0 unspecified atom stereocenters. The molecule has 106 valence electrons. The lowest BCUT2D eigenvalue weighted by atomic mass is 10.1. The maximum absolute atomic E-state index is 5.41. The number of terminal acetylenes is 1. The second-order valence-electron chi connectivity index (χ2n) is 5.05. The molecule has 2 aromatic rings. The monoisotopic (exact) mass is 286 g/mol. The van der Waals surface area contributed by atoms with Crippen LogP contribution in [0.3, 0.4) is 0 Å². The van der Waals surface area contributed by atoms with Crippen LogP contribution in [0.4, 0.5) is 0 Å². The molecule has 1 heterocycles. The average molecular weight is 286 g/mol. The fourth-order valence-corrected chi connectivity index (χ4v) is 3.51. The Morgan fingerprint density at radius 2 is 2.15 bits per heavy atom. The van der Waals surface area contributed by atoms with Crippen LogP contribution in [0.1, 0.15) is 23.8 Å². The first-order valence-corrected chi connectivity index (χ1v) is 7.90. The summed E-state index contributed by atoms with van der Waals surface area (Å²) in [5.74, 6) is 2.71. The smallest absolute Gasteiger partial charge is 0.0599 e. The average Bonchev–Trinajstić information content (AvgIpc) is 2.78. The number of nitrogens with one attached hydrogen (secondary N) is 1. The summed E-state index contributed by atoms with van der Waals surface area (Å²) in [5.41, 5.74) is 1.42. The summed E-state index contributed by atoms with van der Waals surface area (Å²) in [6.45, 7) is 5.81. The summed E-state index contributed by atoms with van der Waals surface area (Å²) in [6.07, 6.45) is 6.57. The lowest BCUT2D eigenvalue weighted by molar-refractivity contribution is 0.369. The van der Waals surface area contributed by atoms with Crippen LogP contribution in [0.2, 0.25) is 0 Å². The Balaban J connectivity index is 2.27. The van der Waals surface area contributed by atoms with Crippen molar-refractivity contribution in [3.8, 4) is 12.3 Å². The molecular formula is C17H22N2S. The largest absolute Gasteiger partial charge is 0.312 e. The van der Waals surface area contributed by atoms with Gasteiger partial charge in [0.25, 0.3) is 0 Å². The highest BCUT2D eigenvalue weighted by Gasteiger charge is 2.13. The molecule has 2 rings (SSSR count). The second kappa shape index (κ2) is 7.44. The summed E-state index contributed by atoms with van der Waals surface area (Å²) in [6, 6.07) is 8.64.